The molecule has 0 aliphatic rings. The largest absolute Gasteiger partial charge is 0.497 e. The summed E-state index contributed by atoms with van der Waals surface area (Å²) in [5.74, 6) is 2.29. The number of carbonyl (C=O) groups is 1. The molecule has 1 amide bonds. The fourth-order valence-electron chi connectivity index (χ4n) is 2.78. The number of ether oxygens (including phenoxy) is 3. The molecule has 3 aromatic rings. The fourth-order valence-corrected chi connectivity index (χ4v) is 2.78. The van der Waals surface area contributed by atoms with Gasteiger partial charge in [-0.2, -0.15) is 0 Å². The summed E-state index contributed by atoms with van der Waals surface area (Å²) >= 11 is 0. The number of benzene rings is 3. The van der Waals surface area contributed by atoms with Crippen LogP contribution >= 0.6 is 0 Å². The number of nitrogens with zero attached hydrogens (tertiary/aromatic N) is 1. The quantitative estimate of drug-likeness (QED) is 0.635. The minimum Gasteiger partial charge on any atom is -0.497 e. The van der Waals surface area contributed by atoms with Crippen molar-refractivity contribution in [2.45, 2.75) is 0 Å². The van der Waals surface area contributed by atoms with Crippen molar-refractivity contribution in [2.75, 3.05) is 34.4 Å². The highest BCUT2D eigenvalue weighted by atomic mass is 16.5. The van der Waals surface area contributed by atoms with E-state index in [1.165, 1.54) is 0 Å². The van der Waals surface area contributed by atoms with Gasteiger partial charge >= 0.3 is 0 Å². The molecule has 0 aliphatic heterocycles. The Morgan fingerprint density at radius 1 is 0.815 bits per heavy atom. The molecule has 0 radical (unpaired) electrons. The normalized spacial score (nSPS) is 10.5. The van der Waals surface area contributed by atoms with E-state index in [4.69, 9.17) is 14.2 Å². The van der Waals surface area contributed by atoms with Crippen molar-refractivity contribution in [2.24, 2.45) is 0 Å². The molecule has 0 aliphatic carbocycles. The summed E-state index contributed by atoms with van der Waals surface area (Å²) in [4.78, 5) is 14.3. The lowest BCUT2D eigenvalue weighted by molar-refractivity contribution is 0.0774. The zero-order valence-corrected chi connectivity index (χ0v) is 15.8. The van der Waals surface area contributed by atoms with Gasteiger partial charge in [0, 0.05) is 12.6 Å². The lowest BCUT2D eigenvalue weighted by Crippen LogP contribution is -2.30. The Morgan fingerprint density at radius 3 is 2.11 bits per heavy atom. The first-order chi connectivity index (χ1) is 13.1. The summed E-state index contributed by atoms with van der Waals surface area (Å²) in [6.07, 6.45) is 0. The van der Waals surface area contributed by atoms with Crippen LogP contribution in [-0.4, -0.2) is 45.2 Å². The van der Waals surface area contributed by atoms with Crippen molar-refractivity contribution >= 4 is 16.7 Å². The third kappa shape index (κ3) is 4.50. The van der Waals surface area contributed by atoms with Crippen LogP contribution in [0.3, 0.4) is 0 Å². The Balaban J connectivity index is 1.59. The van der Waals surface area contributed by atoms with Crippen LogP contribution in [0.5, 0.6) is 17.2 Å². The van der Waals surface area contributed by atoms with E-state index in [9.17, 15) is 4.79 Å². The van der Waals surface area contributed by atoms with E-state index in [0.29, 0.717) is 18.7 Å². The van der Waals surface area contributed by atoms with Crippen LogP contribution in [0.2, 0.25) is 0 Å². The Labute approximate surface area is 159 Å². The number of fused-ring (bicyclic) bond motifs is 1. The minimum atomic E-state index is -0.0361. The van der Waals surface area contributed by atoms with Crippen molar-refractivity contribution in [1.29, 1.82) is 0 Å². The minimum absolute atomic E-state index is 0.0361. The second-order valence-electron chi connectivity index (χ2n) is 6.18. The van der Waals surface area contributed by atoms with Gasteiger partial charge in [0.1, 0.15) is 23.9 Å². The van der Waals surface area contributed by atoms with Gasteiger partial charge in [0.05, 0.1) is 20.8 Å². The zero-order chi connectivity index (χ0) is 19.2. The van der Waals surface area contributed by atoms with Crippen molar-refractivity contribution in [3.63, 3.8) is 0 Å². The maximum atomic E-state index is 12.7. The van der Waals surface area contributed by atoms with Crippen molar-refractivity contribution < 1.29 is 19.0 Å². The highest BCUT2D eigenvalue weighted by Gasteiger charge is 2.12. The number of likely N-dealkylation sites (N-methyl/N-ethyl adjacent to an activating group) is 1. The van der Waals surface area contributed by atoms with Gasteiger partial charge in [-0.1, -0.05) is 12.1 Å². The third-order valence-electron chi connectivity index (χ3n) is 4.40. The zero-order valence-electron chi connectivity index (χ0n) is 15.8. The fraction of sp³-hybridized carbons (Fsp3) is 0.227. The summed E-state index contributed by atoms with van der Waals surface area (Å²) in [6.45, 7) is 0.908. The Hall–Kier alpha value is -3.21. The molecular weight excluding hydrogens is 342 g/mol. The van der Waals surface area contributed by atoms with Crippen LogP contribution in [0.25, 0.3) is 10.8 Å². The number of rotatable bonds is 7. The van der Waals surface area contributed by atoms with E-state index in [1.807, 2.05) is 60.7 Å². The van der Waals surface area contributed by atoms with Gasteiger partial charge in [-0.15, -0.1) is 0 Å². The molecule has 0 heterocycles. The van der Waals surface area contributed by atoms with E-state index in [-0.39, 0.29) is 5.91 Å². The lowest BCUT2D eigenvalue weighted by Gasteiger charge is -2.18. The van der Waals surface area contributed by atoms with Gasteiger partial charge in [0.15, 0.2) is 0 Å². The molecule has 0 spiro atoms. The Kier molecular flexibility index (Phi) is 5.81. The first kappa shape index (κ1) is 18.6. The molecule has 3 rings (SSSR count). The highest BCUT2D eigenvalue weighted by molar-refractivity contribution is 5.98. The average Bonchev–Trinajstić information content (AvgIpc) is 2.72. The molecule has 5 heteroatoms. The molecule has 0 atom stereocenters. The molecule has 3 aromatic carbocycles. The number of hydrogen-bond acceptors (Lipinski definition) is 4. The molecule has 140 valence electrons. The predicted molar refractivity (Wildman–Crippen MR) is 106 cm³/mol. The summed E-state index contributed by atoms with van der Waals surface area (Å²) < 4.78 is 16.1. The third-order valence-corrected chi connectivity index (χ3v) is 4.40. The SMILES string of the molecule is COc1ccc(OCCN(C)C(=O)c2ccc3cc(OC)ccc3c2)cc1. The van der Waals surface area contributed by atoms with Gasteiger partial charge < -0.3 is 19.1 Å². The number of methoxy groups -OCH3 is 2. The first-order valence-corrected chi connectivity index (χ1v) is 8.71. The molecule has 0 fully saturated rings. The van der Waals surface area contributed by atoms with Gasteiger partial charge in [-0.25, -0.2) is 0 Å². The van der Waals surface area contributed by atoms with Crippen LogP contribution < -0.4 is 14.2 Å². The summed E-state index contributed by atoms with van der Waals surface area (Å²) in [7, 11) is 5.04. The Bertz CT molecular complexity index is 921. The first-order valence-electron chi connectivity index (χ1n) is 8.71. The monoisotopic (exact) mass is 365 g/mol. The van der Waals surface area contributed by atoms with Crippen LogP contribution in [0.15, 0.2) is 60.7 Å². The van der Waals surface area contributed by atoms with E-state index >= 15 is 0 Å². The van der Waals surface area contributed by atoms with Gasteiger partial charge in [0.2, 0.25) is 0 Å². The van der Waals surface area contributed by atoms with Crippen molar-refractivity contribution in [1.82, 2.24) is 4.90 Å². The summed E-state index contributed by atoms with van der Waals surface area (Å²) in [6, 6.07) is 18.9. The van der Waals surface area contributed by atoms with Crippen molar-refractivity contribution in [3.05, 3.63) is 66.2 Å². The smallest absolute Gasteiger partial charge is 0.253 e. The average molecular weight is 365 g/mol. The number of carbonyl (C=O) groups excluding carboxylic acids is 1. The van der Waals surface area contributed by atoms with Crippen molar-refractivity contribution in [3.8, 4) is 17.2 Å². The molecule has 0 saturated carbocycles. The standard InChI is InChI=1S/C22H23NO4/c1-23(12-13-27-20-10-8-19(25-2)9-11-20)22(24)18-5-4-17-15-21(26-3)7-6-16(17)14-18/h4-11,14-15H,12-13H2,1-3H3. The van der Waals surface area contributed by atoms with E-state index in [1.54, 1.807) is 26.2 Å². The number of hydrogen-bond donors (Lipinski definition) is 0. The molecule has 5 nitrogen and oxygen atoms in total. The molecule has 0 aromatic heterocycles. The van der Waals surface area contributed by atoms with E-state index in [2.05, 4.69) is 0 Å². The second-order valence-corrected chi connectivity index (χ2v) is 6.18. The maximum Gasteiger partial charge on any atom is 0.253 e. The van der Waals surface area contributed by atoms with E-state index < -0.39 is 0 Å². The highest BCUT2D eigenvalue weighted by Crippen LogP contribution is 2.22. The summed E-state index contributed by atoms with van der Waals surface area (Å²) in [5, 5.41) is 2.04. The van der Waals surface area contributed by atoms with Gasteiger partial charge in [-0.05, 0) is 59.3 Å². The molecule has 0 unspecified atom stereocenters. The van der Waals surface area contributed by atoms with Crippen LogP contribution in [0.1, 0.15) is 10.4 Å². The number of amides is 1. The topological polar surface area (TPSA) is 48.0 Å². The Morgan fingerprint density at radius 2 is 1.41 bits per heavy atom. The lowest BCUT2D eigenvalue weighted by atomic mass is 10.1. The molecular formula is C22H23NO4. The van der Waals surface area contributed by atoms with Gasteiger partial charge in [-0.3, -0.25) is 4.79 Å². The second kappa shape index (κ2) is 8.45. The molecule has 0 N–H and O–H groups in total. The van der Waals surface area contributed by atoms with Crippen LogP contribution in [0, 0.1) is 0 Å². The molecule has 0 saturated heterocycles. The van der Waals surface area contributed by atoms with Crippen LogP contribution in [-0.2, 0) is 0 Å². The summed E-state index contributed by atoms with van der Waals surface area (Å²) in [5.41, 5.74) is 0.652. The predicted octanol–water partition coefficient (Wildman–Crippen LogP) is 4.01. The maximum absolute atomic E-state index is 12.7. The van der Waals surface area contributed by atoms with E-state index in [0.717, 1.165) is 28.0 Å². The van der Waals surface area contributed by atoms with Crippen LogP contribution in [0.4, 0.5) is 0 Å². The van der Waals surface area contributed by atoms with Gasteiger partial charge in [0.25, 0.3) is 5.91 Å². The molecule has 0 bridgehead atoms. The molecule has 27 heavy (non-hydrogen) atoms.